The lowest BCUT2D eigenvalue weighted by Gasteiger charge is -2.32. The molecule has 0 radical (unpaired) electrons. The van der Waals surface area contributed by atoms with E-state index in [1.807, 2.05) is 11.0 Å². The number of imidazole rings is 1. The fourth-order valence-electron chi connectivity index (χ4n) is 4.39. The Morgan fingerprint density at radius 2 is 1.68 bits per heavy atom. The number of likely N-dealkylation sites (tertiary alicyclic amines) is 1. The third kappa shape index (κ3) is 4.04. The van der Waals surface area contributed by atoms with Crippen molar-refractivity contribution < 1.29 is 19.0 Å². The van der Waals surface area contributed by atoms with Crippen molar-refractivity contribution in [3.05, 3.63) is 47.8 Å². The molecule has 31 heavy (non-hydrogen) atoms. The van der Waals surface area contributed by atoms with Crippen LogP contribution in [0, 0.1) is 12.8 Å². The van der Waals surface area contributed by atoms with E-state index in [-0.39, 0.29) is 5.91 Å². The highest BCUT2D eigenvalue weighted by atomic mass is 16.5. The second-order valence-corrected chi connectivity index (χ2v) is 7.91. The summed E-state index contributed by atoms with van der Waals surface area (Å²) in [6.07, 6.45) is 1.92. The number of benzene rings is 2. The van der Waals surface area contributed by atoms with Crippen molar-refractivity contribution >= 4 is 16.9 Å². The molecule has 0 N–H and O–H groups in total. The second-order valence-electron chi connectivity index (χ2n) is 7.91. The van der Waals surface area contributed by atoms with Gasteiger partial charge in [0.05, 0.1) is 32.4 Å². The van der Waals surface area contributed by atoms with E-state index in [2.05, 4.69) is 34.7 Å². The van der Waals surface area contributed by atoms with E-state index in [0.29, 0.717) is 28.7 Å². The van der Waals surface area contributed by atoms with E-state index in [4.69, 9.17) is 14.2 Å². The standard InChI is InChI=1S/C24H29N3O4/c1-16-25-19-7-5-6-8-20(19)27(16)15-17-9-11-26(12-10-17)24(28)18-13-21(29-2)23(31-4)22(14-18)30-3/h5-8,13-14,17H,9-12,15H2,1-4H3. The SMILES string of the molecule is COc1cc(C(=O)N2CCC(Cn3c(C)nc4ccccc43)CC2)cc(OC)c1OC. The molecule has 3 aromatic rings. The van der Waals surface area contributed by atoms with Crippen LogP contribution in [-0.4, -0.2) is 54.8 Å². The molecule has 0 saturated carbocycles. The van der Waals surface area contributed by atoms with Gasteiger partial charge in [-0.25, -0.2) is 4.98 Å². The largest absolute Gasteiger partial charge is 0.493 e. The van der Waals surface area contributed by atoms with Gasteiger partial charge in [-0.2, -0.15) is 0 Å². The molecule has 0 spiro atoms. The van der Waals surface area contributed by atoms with Gasteiger partial charge in [0.2, 0.25) is 5.75 Å². The zero-order valence-electron chi connectivity index (χ0n) is 18.6. The number of aromatic nitrogens is 2. The first-order valence-corrected chi connectivity index (χ1v) is 10.6. The number of fused-ring (bicyclic) bond motifs is 1. The van der Waals surface area contributed by atoms with Gasteiger partial charge in [-0.3, -0.25) is 4.79 Å². The van der Waals surface area contributed by atoms with Crippen LogP contribution in [0.15, 0.2) is 36.4 Å². The summed E-state index contributed by atoms with van der Waals surface area (Å²) in [5.74, 6) is 3.01. The summed E-state index contributed by atoms with van der Waals surface area (Å²) in [5.41, 5.74) is 2.76. The number of nitrogens with zero attached hydrogens (tertiary/aromatic N) is 3. The summed E-state index contributed by atoms with van der Waals surface area (Å²) in [5, 5.41) is 0. The molecule has 1 aliphatic heterocycles. The van der Waals surface area contributed by atoms with E-state index in [0.717, 1.165) is 43.8 Å². The minimum absolute atomic E-state index is 0.0121. The van der Waals surface area contributed by atoms with E-state index in [1.54, 1.807) is 33.5 Å². The number of rotatable bonds is 6. The van der Waals surface area contributed by atoms with Crippen LogP contribution in [-0.2, 0) is 6.54 Å². The van der Waals surface area contributed by atoms with Gasteiger partial charge in [-0.05, 0) is 49.9 Å². The Kier molecular flexibility index (Phi) is 6.02. The Balaban J connectivity index is 1.45. The van der Waals surface area contributed by atoms with Crippen LogP contribution in [0.4, 0.5) is 0 Å². The molecule has 164 valence electrons. The molecule has 0 unspecified atom stereocenters. The minimum atomic E-state index is -0.0121. The minimum Gasteiger partial charge on any atom is -0.493 e. The maximum absolute atomic E-state index is 13.1. The molecule has 7 heteroatoms. The Morgan fingerprint density at radius 3 is 2.29 bits per heavy atom. The van der Waals surface area contributed by atoms with Gasteiger partial charge in [0.1, 0.15) is 5.82 Å². The highest BCUT2D eigenvalue weighted by Gasteiger charge is 2.26. The van der Waals surface area contributed by atoms with Gasteiger partial charge in [0.15, 0.2) is 11.5 Å². The normalized spacial score (nSPS) is 14.6. The lowest BCUT2D eigenvalue weighted by molar-refractivity contribution is 0.0682. The number of ether oxygens (including phenoxy) is 3. The molecular weight excluding hydrogens is 394 g/mol. The summed E-state index contributed by atoms with van der Waals surface area (Å²) in [6, 6.07) is 11.7. The maximum Gasteiger partial charge on any atom is 0.254 e. The van der Waals surface area contributed by atoms with E-state index < -0.39 is 0 Å². The number of methoxy groups -OCH3 is 3. The second kappa shape index (κ2) is 8.88. The summed E-state index contributed by atoms with van der Waals surface area (Å²) >= 11 is 0. The molecule has 1 fully saturated rings. The Labute approximate surface area is 182 Å². The van der Waals surface area contributed by atoms with Crippen molar-refractivity contribution in [1.82, 2.24) is 14.5 Å². The fraction of sp³-hybridized carbons (Fsp3) is 0.417. The quantitative estimate of drug-likeness (QED) is 0.601. The van der Waals surface area contributed by atoms with Gasteiger partial charge in [0.25, 0.3) is 5.91 Å². The van der Waals surface area contributed by atoms with E-state index in [9.17, 15) is 4.79 Å². The molecule has 0 bridgehead atoms. The van der Waals surface area contributed by atoms with Gasteiger partial charge >= 0.3 is 0 Å². The fourth-order valence-corrected chi connectivity index (χ4v) is 4.39. The number of amides is 1. The zero-order chi connectivity index (χ0) is 22.0. The Hall–Kier alpha value is -3.22. The Bertz CT molecular complexity index is 1060. The number of carbonyl (C=O) groups excluding carboxylic acids is 1. The average molecular weight is 424 g/mol. The van der Waals surface area contributed by atoms with Crippen molar-refractivity contribution in [1.29, 1.82) is 0 Å². The van der Waals surface area contributed by atoms with Gasteiger partial charge in [-0.1, -0.05) is 12.1 Å². The van der Waals surface area contributed by atoms with Gasteiger partial charge in [0, 0.05) is 25.2 Å². The van der Waals surface area contributed by atoms with Crippen molar-refractivity contribution in [3.63, 3.8) is 0 Å². The van der Waals surface area contributed by atoms with Gasteiger partial charge < -0.3 is 23.7 Å². The molecule has 1 aromatic heterocycles. The summed E-state index contributed by atoms with van der Waals surface area (Å²) < 4.78 is 18.5. The van der Waals surface area contributed by atoms with Crippen LogP contribution in [0.2, 0.25) is 0 Å². The first-order valence-electron chi connectivity index (χ1n) is 10.6. The third-order valence-corrected chi connectivity index (χ3v) is 6.10. The summed E-state index contributed by atoms with van der Waals surface area (Å²) in [4.78, 5) is 19.7. The third-order valence-electron chi connectivity index (χ3n) is 6.10. The van der Waals surface area contributed by atoms with Crippen LogP contribution in [0.3, 0.4) is 0 Å². The molecule has 1 saturated heterocycles. The highest BCUT2D eigenvalue weighted by Crippen LogP contribution is 2.38. The molecule has 0 atom stereocenters. The van der Waals surface area contributed by atoms with E-state index in [1.165, 1.54) is 5.52 Å². The predicted molar refractivity (Wildman–Crippen MR) is 119 cm³/mol. The number of aryl methyl sites for hydroxylation is 1. The van der Waals surface area contributed by atoms with Crippen LogP contribution < -0.4 is 14.2 Å². The van der Waals surface area contributed by atoms with Crippen LogP contribution in [0.1, 0.15) is 29.0 Å². The topological polar surface area (TPSA) is 65.8 Å². The first-order chi connectivity index (χ1) is 15.0. The molecule has 4 rings (SSSR count). The zero-order valence-corrected chi connectivity index (χ0v) is 18.6. The van der Waals surface area contributed by atoms with Crippen LogP contribution >= 0.6 is 0 Å². The van der Waals surface area contributed by atoms with Crippen molar-refractivity contribution in [2.24, 2.45) is 5.92 Å². The number of hydrogen-bond donors (Lipinski definition) is 0. The number of hydrogen-bond acceptors (Lipinski definition) is 5. The molecule has 2 aromatic carbocycles. The molecule has 1 amide bonds. The van der Waals surface area contributed by atoms with Crippen molar-refractivity contribution in [2.45, 2.75) is 26.3 Å². The smallest absolute Gasteiger partial charge is 0.254 e. The monoisotopic (exact) mass is 423 g/mol. The van der Waals surface area contributed by atoms with Crippen molar-refractivity contribution in [3.8, 4) is 17.2 Å². The lowest BCUT2D eigenvalue weighted by Crippen LogP contribution is -2.39. The molecule has 1 aliphatic rings. The summed E-state index contributed by atoms with van der Waals surface area (Å²) in [7, 11) is 4.66. The van der Waals surface area contributed by atoms with E-state index >= 15 is 0 Å². The lowest BCUT2D eigenvalue weighted by atomic mass is 9.96. The molecule has 7 nitrogen and oxygen atoms in total. The average Bonchev–Trinajstić information content (AvgIpc) is 3.12. The number of carbonyl (C=O) groups is 1. The predicted octanol–water partition coefficient (Wildman–Crippen LogP) is 3.92. The highest BCUT2D eigenvalue weighted by molar-refractivity contribution is 5.95. The first kappa shape index (κ1) is 21.0. The molecular formula is C24H29N3O4. The number of para-hydroxylation sites is 2. The van der Waals surface area contributed by atoms with Crippen LogP contribution in [0.5, 0.6) is 17.2 Å². The van der Waals surface area contributed by atoms with Crippen LogP contribution in [0.25, 0.3) is 11.0 Å². The van der Waals surface area contributed by atoms with Gasteiger partial charge in [-0.15, -0.1) is 0 Å². The molecule has 0 aliphatic carbocycles. The Morgan fingerprint density at radius 1 is 1.03 bits per heavy atom. The maximum atomic E-state index is 13.1. The summed E-state index contributed by atoms with van der Waals surface area (Å²) in [6.45, 7) is 4.44. The number of piperidine rings is 1. The molecule has 2 heterocycles. The van der Waals surface area contributed by atoms with Crippen molar-refractivity contribution in [2.75, 3.05) is 34.4 Å².